The maximum Gasteiger partial charge on any atom is 0.240 e. The first-order valence-electron chi connectivity index (χ1n) is 8.52. The SMILES string of the molecule is Cc1ccc(S(=O)(=O)NCCNc2cc(-n3cccn3)nc(C)n2)c(C)c1. The number of rotatable bonds is 7. The Labute approximate surface area is 158 Å². The molecule has 1 aromatic carbocycles. The second-order valence-electron chi connectivity index (χ2n) is 6.20. The summed E-state index contributed by atoms with van der Waals surface area (Å²) in [5.74, 6) is 1.85. The lowest BCUT2D eigenvalue weighted by Crippen LogP contribution is -2.29. The lowest BCUT2D eigenvalue weighted by Gasteiger charge is -2.11. The lowest BCUT2D eigenvalue weighted by atomic mass is 10.2. The van der Waals surface area contributed by atoms with E-state index in [2.05, 4.69) is 25.1 Å². The van der Waals surface area contributed by atoms with Gasteiger partial charge in [0.15, 0.2) is 5.82 Å². The fraction of sp³-hybridized carbons (Fsp3) is 0.278. The smallest absolute Gasteiger partial charge is 0.240 e. The van der Waals surface area contributed by atoms with Gasteiger partial charge in [-0.25, -0.2) is 27.8 Å². The van der Waals surface area contributed by atoms with Crippen LogP contribution in [-0.4, -0.2) is 41.3 Å². The summed E-state index contributed by atoms with van der Waals surface area (Å²) in [5, 5.41) is 7.27. The topological polar surface area (TPSA) is 102 Å². The maximum absolute atomic E-state index is 12.5. The van der Waals surface area contributed by atoms with Crippen molar-refractivity contribution in [2.75, 3.05) is 18.4 Å². The van der Waals surface area contributed by atoms with Gasteiger partial charge in [-0.15, -0.1) is 0 Å². The molecule has 0 radical (unpaired) electrons. The van der Waals surface area contributed by atoms with Crippen LogP contribution in [0.5, 0.6) is 0 Å². The van der Waals surface area contributed by atoms with E-state index >= 15 is 0 Å². The van der Waals surface area contributed by atoms with Crippen LogP contribution in [0.15, 0.2) is 47.6 Å². The highest BCUT2D eigenvalue weighted by molar-refractivity contribution is 7.89. The highest BCUT2D eigenvalue weighted by Crippen LogP contribution is 2.16. The number of nitrogens with zero attached hydrogens (tertiary/aromatic N) is 4. The Morgan fingerprint density at radius 3 is 2.59 bits per heavy atom. The maximum atomic E-state index is 12.5. The lowest BCUT2D eigenvalue weighted by molar-refractivity contribution is 0.582. The minimum Gasteiger partial charge on any atom is -0.369 e. The Morgan fingerprint density at radius 1 is 1.07 bits per heavy atom. The van der Waals surface area contributed by atoms with Crippen molar-refractivity contribution in [2.45, 2.75) is 25.7 Å². The fourth-order valence-corrected chi connectivity index (χ4v) is 3.98. The molecule has 0 saturated heterocycles. The molecule has 2 heterocycles. The van der Waals surface area contributed by atoms with Gasteiger partial charge in [-0.05, 0) is 38.5 Å². The molecule has 0 spiro atoms. The average Bonchev–Trinajstić information content (AvgIpc) is 3.12. The third-order valence-electron chi connectivity index (χ3n) is 3.91. The van der Waals surface area contributed by atoms with Crippen molar-refractivity contribution >= 4 is 15.8 Å². The molecule has 3 rings (SSSR count). The summed E-state index contributed by atoms with van der Waals surface area (Å²) in [7, 11) is -3.55. The minimum absolute atomic E-state index is 0.232. The minimum atomic E-state index is -3.55. The highest BCUT2D eigenvalue weighted by Gasteiger charge is 2.16. The second-order valence-corrected chi connectivity index (χ2v) is 7.94. The van der Waals surface area contributed by atoms with Crippen molar-refractivity contribution in [2.24, 2.45) is 0 Å². The summed E-state index contributed by atoms with van der Waals surface area (Å²) in [6.07, 6.45) is 3.47. The quantitative estimate of drug-likeness (QED) is 0.602. The zero-order chi connectivity index (χ0) is 19.4. The molecule has 0 fully saturated rings. The predicted octanol–water partition coefficient (Wildman–Crippen LogP) is 1.98. The zero-order valence-corrected chi connectivity index (χ0v) is 16.3. The number of anilines is 1. The number of benzene rings is 1. The second kappa shape index (κ2) is 7.85. The summed E-state index contributed by atoms with van der Waals surface area (Å²) in [6.45, 7) is 6.14. The predicted molar refractivity (Wildman–Crippen MR) is 103 cm³/mol. The van der Waals surface area contributed by atoms with Gasteiger partial charge in [0.05, 0.1) is 4.90 Å². The molecule has 0 bridgehead atoms. The molecular weight excluding hydrogens is 364 g/mol. The van der Waals surface area contributed by atoms with Crippen molar-refractivity contribution in [3.63, 3.8) is 0 Å². The number of hydrogen-bond donors (Lipinski definition) is 2. The molecule has 0 saturated carbocycles. The van der Waals surface area contributed by atoms with Crippen molar-refractivity contribution in [3.8, 4) is 5.82 Å². The average molecular weight is 386 g/mol. The Balaban J connectivity index is 1.62. The van der Waals surface area contributed by atoms with Crippen LogP contribution < -0.4 is 10.0 Å². The molecule has 0 atom stereocenters. The number of hydrogen-bond acceptors (Lipinski definition) is 6. The van der Waals surface area contributed by atoms with Gasteiger partial charge in [-0.1, -0.05) is 17.7 Å². The number of sulfonamides is 1. The van der Waals surface area contributed by atoms with E-state index in [4.69, 9.17) is 0 Å². The first-order valence-corrected chi connectivity index (χ1v) is 10.00. The molecule has 9 heteroatoms. The van der Waals surface area contributed by atoms with E-state index in [9.17, 15) is 8.42 Å². The van der Waals surface area contributed by atoms with E-state index in [1.54, 1.807) is 49.1 Å². The van der Waals surface area contributed by atoms with Crippen LogP contribution in [-0.2, 0) is 10.0 Å². The zero-order valence-electron chi connectivity index (χ0n) is 15.5. The molecule has 0 amide bonds. The van der Waals surface area contributed by atoms with Gasteiger partial charge < -0.3 is 5.32 Å². The van der Waals surface area contributed by atoms with E-state index in [1.807, 2.05) is 19.1 Å². The van der Waals surface area contributed by atoms with E-state index in [-0.39, 0.29) is 6.54 Å². The van der Waals surface area contributed by atoms with Gasteiger partial charge in [-0.2, -0.15) is 5.10 Å². The third-order valence-corrected chi connectivity index (χ3v) is 5.53. The van der Waals surface area contributed by atoms with Crippen LogP contribution in [0.1, 0.15) is 17.0 Å². The summed E-state index contributed by atoms with van der Waals surface area (Å²) < 4.78 is 29.2. The van der Waals surface area contributed by atoms with Gasteiger partial charge in [0.1, 0.15) is 11.6 Å². The molecule has 0 unspecified atom stereocenters. The number of aromatic nitrogens is 4. The van der Waals surface area contributed by atoms with Gasteiger partial charge >= 0.3 is 0 Å². The van der Waals surface area contributed by atoms with Crippen molar-refractivity contribution < 1.29 is 8.42 Å². The molecule has 0 aliphatic rings. The molecule has 142 valence electrons. The van der Waals surface area contributed by atoms with Gasteiger partial charge in [-0.3, -0.25) is 0 Å². The molecule has 0 aliphatic heterocycles. The van der Waals surface area contributed by atoms with Crippen molar-refractivity contribution in [1.29, 1.82) is 0 Å². The van der Waals surface area contributed by atoms with Crippen LogP contribution in [0.2, 0.25) is 0 Å². The van der Waals surface area contributed by atoms with Crippen LogP contribution in [0.4, 0.5) is 5.82 Å². The number of nitrogens with one attached hydrogen (secondary N) is 2. The van der Waals surface area contributed by atoms with Gasteiger partial charge in [0, 0.05) is 31.5 Å². The Hall–Kier alpha value is -2.78. The van der Waals surface area contributed by atoms with Crippen LogP contribution in [0.25, 0.3) is 5.82 Å². The Bertz CT molecular complexity index is 1030. The molecule has 0 aliphatic carbocycles. The summed E-state index contributed by atoms with van der Waals surface area (Å²) in [6, 6.07) is 8.85. The largest absolute Gasteiger partial charge is 0.369 e. The van der Waals surface area contributed by atoms with E-state index < -0.39 is 10.0 Å². The van der Waals surface area contributed by atoms with Crippen molar-refractivity contribution in [1.82, 2.24) is 24.5 Å². The molecule has 3 aromatic rings. The van der Waals surface area contributed by atoms with Crippen LogP contribution in [0.3, 0.4) is 0 Å². The summed E-state index contributed by atoms with van der Waals surface area (Å²) >= 11 is 0. The summed E-state index contributed by atoms with van der Waals surface area (Å²) in [5.41, 5.74) is 1.76. The van der Waals surface area contributed by atoms with Gasteiger partial charge in [0.25, 0.3) is 0 Å². The molecule has 8 nitrogen and oxygen atoms in total. The number of aryl methyl sites for hydroxylation is 3. The fourth-order valence-electron chi connectivity index (χ4n) is 2.72. The van der Waals surface area contributed by atoms with Crippen LogP contribution in [0, 0.1) is 20.8 Å². The van der Waals surface area contributed by atoms with E-state index in [0.29, 0.717) is 28.9 Å². The van der Waals surface area contributed by atoms with E-state index in [0.717, 1.165) is 11.1 Å². The Morgan fingerprint density at radius 2 is 1.89 bits per heavy atom. The Kier molecular flexibility index (Phi) is 5.52. The first-order chi connectivity index (χ1) is 12.8. The normalized spacial score (nSPS) is 11.5. The molecule has 27 heavy (non-hydrogen) atoms. The highest BCUT2D eigenvalue weighted by atomic mass is 32.2. The monoisotopic (exact) mass is 386 g/mol. The molecule has 2 N–H and O–H groups in total. The van der Waals surface area contributed by atoms with Crippen LogP contribution >= 0.6 is 0 Å². The van der Waals surface area contributed by atoms with E-state index in [1.165, 1.54) is 0 Å². The third kappa shape index (κ3) is 4.69. The molecule has 2 aromatic heterocycles. The molecular formula is C18H22N6O2S. The summed E-state index contributed by atoms with van der Waals surface area (Å²) in [4.78, 5) is 8.96. The van der Waals surface area contributed by atoms with Gasteiger partial charge in [0.2, 0.25) is 10.0 Å². The van der Waals surface area contributed by atoms with Crippen molar-refractivity contribution in [3.05, 3.63) is 59.7 Å². The standard InChI is InChI=1S/C18H22N6O2S/c1-13-5-6-16(14(2)11-13)27(25,26)21-9-8-19-17-12-18(23-15(3)22-17)24-10-4-7-20-24/h4-7,10-12,21H,8-9H2,1-3H3,(H,19,22,23). The first kappa shape index (κ1) is 19.0.